The lowest BCUT2D eigenvalue weighted by atomic mass is 9.95. The highest BCUT2D eigenvalue weighted by molar-refractivity contribution is 5.35. The highest BCUT2D eigenvalue weighted by Gasteiger charge is 2.22. The second-order valence-electron chi connectivity index (χ2n) is 4.34. The molecule has 0 spiro atoms. The van der Waals surface area contributed by atoms with Crippen LogP contribution in [-0.4, -0.2) is 19.5 Å². The molecule has 0 fully saturated rings. The van der Waals surface area contributed by atoms with Crippen LogP contribution in [0.25, 0.3) is 5.82 Å². The Morgan fingerprint density at radius 3 is 3.00 bits per heavy atom. The van der Waals surface area contributed by atoms with Gasteiger partial charge in [0.25, 0.3) is 0 Å². The van der Waals surface area contributed by atoms with Crippen molar-refractivity contribution in [3.05, 3.63) is 35.8 Å². The Bertz CT molecular complexity index is 512. The molecule has 0 saturated heterocycles. The second-order valence-corrected chi connectivity index (χ2v) is 4.34. The molecule has 2 heterocycles. The molecule has 3 rings (SSSR count). The molecule has 2 aromatic heterocycles. The average Bonchev–Trinajstić information content (AvgIpc) is 2.84. The van der Waals surface area contributed by atoms with Crippen LogP contribution in [0.3, 0.4) is 0 Å². The molecule has 1 atom stereocenters. The first-order chi connectivity index (χ1) is 7.75. The van der Waals surface area contributed by atoms with E-state index in [0.29, 0.717) is 0 Å². The van der Waals surface area contributed by atoms with Crippen LogP contribution in [0.5, 0.6) is 0 Å². The van der Waals surface area contributed by atoms with E-state index >= 15 is 0 Å². The maximum absolute atomic E-state index is 9.89. The number of hydrogen-bond donors (Lipinski definition) is 1. The molecule has 4 heteroatoms. The molecule has 1 N–H and O–H groups in total. The third-order valence-corrected chi connectivity index (χ3v) is 3.22. The molecule has 84 valence electrons. The number of aromatic nitrogens is 3. The molecule has 0 aromatic carbocycles. The van der Waals surface area contributed by atoms with Gasteiger partial charge in [-0.05, 0) is 25.3 Å². The molecule has 0 aliphatic heterocycles. The van der Waals surface area contributed by atoms with Gasteiger partial charge >= 0.3 is 0 Å². The van der Waals surface area contributed by atoms with Gasteiger partial charge in [0.05, 0.1) is 6.10 Å². The fourth-order valence-electron chi connectivity index (χ4n) is 2.41. The number of rotatable bonds is 1. The van der Waals surface area contributed by atoms with Crippen molar-refractivity contribution in [2.75, 3.05) is 0 Å². The largest absolute Gasteiger partial charge is 0.388 e. The van der Waals surface area contributed by atoms with Crippen molar-refractivity contribution in [1.29, 1.82) is 0 Å². The number of aliphatic hydroxyl groups excluding tert-OH is 1. The molecule has 1 aliphatic rings. The summed E-state index contributed by atoms with van der Waals surface area (Å²) in [5.74, 6) is 0.929. The fourth-order valence-corrected chi connectivity index (χ4v) is 2.41. The van der Waals surface area contributed by atoms with E-state index in [1.54, 1.807) is 4.68 Å². The molecular formula is C12H15N3O. The third-order valence-electron chi connectivity index (χ3n) is 3.22. The van der Waals surface area contributed by atoms with E-state index in [4.69, 9.17) is 0 Å². The predicted octanol–water partition coefficient (Wildman–Crippen LogP) is 1.58. The number of nitrogens with zero attached hydrogens (tertiary/aromatic N) is 3. The third kappa shape index (κ3) is 1.38. The highest BCUT2D eigenvalue weighted by atomic mass is 16.3. The lowest BCUT2D eigenvalue weighted by Gasteiger charge is -2.19. The summed E-state index contributed by atoms with van der Waals surface area (Å²) in [5.41, 5.74) is 2.27. The van der Waals surface area contributed by atoms with E-state index in [1.807, 2.05) is 31.6 Å². The first-order valence-corrected chi connectivity index (χ1v) is 5.64. The number of aryl methyl sites for hydroxylation is 1. The van der Waals surface area contributed by atoms with Gasteiger partial charge in [0.1, 0.15) is 0 Å². The molecule has 16 heavy (non-hydrogen) atoms. The Kier molecular flexibility index (Phi) is 2.11. The van der Waals surface area contributed by atoms with Crippen molar-refractivity contribution in [2.24, 2.45) is 7.05 Å². The quantitative estimate of drug-likeness (QED) is 0.788. The normalized spacial score (nSPS) is 19.8. The maximum Gasteiger partial charge on any atom is 0.158 e. The minimum absolute atomic E-state index is 0.297. The molecule has 4 nitrogen and oxygen atoms in total. The van der Waals surface area contributed by atoms with E-state index in [2.05, 4.69) is 9.67 Å². The van der Waals surface area contributed by atoms with Crippen molar-refractivity contribution in [3.63, 3.8) is 0 Å². The molecule has 0 radical (unpaired) electrons. The van der Waals surface area contributed by atoms with Gasteiger partial charge in [-0.25, -0.2) is 0 Å². The summed E-state index contributed by atoms with van der Waals surface area (Å²) in [4.78, 5) is 0. The summed E-state index contributed by atoms with van der Waals surface area (Å²) in [6, 6.07) is 4.00. The van der Waals surface area contributed by atoms with E-state index in [1.165, 1.54) is 5.69 Å². The Morgan fingerprint density at radius 1 is 1.38 bits per heavy atom. The summed E-state index contributed by atoms with van der Waals surface area (Å²) >= 11 is 0. The van der Waals surface area contributed by atoms with Crippen LogP contribution >= 0.6 is 0 Å². The van der Waals surface area contributed by atoms with Gasteiger partial charge in [-0.3, -0.25) is 4.68 Å². The SMILES string of the molecule is Cn1ccc(-n2ccc3c2CCCC3O)n1. The van der Waals surface area contributed by atoms with E-state index in [0.717, 1.165) is 30.6 Å². The minimum Gasteiger partial charge on any atom is -0.388 e. The zero-order valence-electron chi connectivity index (χ0n) is 9.30. The number of aliphatic hydroxyl groups is 1. The summed E-state index contributed by atoms with van der Waals surface area (Å²) in [7, 11) is 1.91. The van der Waals surface area contributed by atoms with Crippen LogP contribution in [-0.2, 0) is 13.5 Å². The highest BCUT2D eigenvalue weighted by Crippen LogP contribution is 2.31. The molecule has 2 aromatic rings. The van der Waals surface area contributed by atoms with E-state index in [-0.39, 0.29) is 6.10 Å². The van der Waals surface area contributed by atoms with E-state index < -0.39 is 0 Å². The average molecular weight is 217 g/mol. The number of hydrogen-bond acceptors (Lipinski definition) is 2. The zero-order valence-corrected chi connectivity index (χ0v) is 9.30. The molecular weight excluding hydrogens is 202 g/mol. The molecule has 1 aliphatic carbocycles. The van der Waals surface area contributed by atoms with Crippen molar-refractivity contribution in [2.45, 2.75) is 25.4 Å². The van der Waals surface area contributed by atoms with Crippen LogP contribution in [0.15, 0.2) is 24.5 Å². The van der Waals surface area contributed by atoms with E-state index in [9.17, 15) is 5.11 Å². The fraction of sp³-hybridized carbons (Fsp3) is 0.417. The predicted molar refractivity (Wildman–Crippen MR) is 60.4 cm³/mol. The smallest absolute Gasteiger partial charge is 0.158 e. The second kappa shape index (κ2) is 3.49. The monoisotopic (exact) mass is 217 g/mol. The molecule has 0 bridgehead atoms. The molecule has 1 unspecified atom stereocenters. The maximum atomic E-state index is 9.89. The van der Waals surface area contributed by atoms with Crippen LogP contribution in [0.4, 0.5) is 0 Å². The van der Waals surface area contributed by atoms with Gasteiger partial charge in [0.2, 0.25) is 0 Å². The first kappa shape index (κ1) is 9.66. The van der Waals surface area contributed by atoms with Crippen LogP contribution in [0, 0.1) is 0 Å². The van der Waals surface area contributed by atoms with Crippen LogP contribution < -0.4 is 0 Å². The first-order valence-electron chi connectivity index (χ1n) is 5.64. The van der Waals surface area contributed by atoms with Crippen LogP contribution in [0.1, 0.15) is 30.2 Å². The Balaban J connectivity index is 2.09. The Labute approximate surface area is 94.1 Å². The van der Waals surface area contributed by atoms with Crippen molar-refractivity contribution < 1.29 is 5.11 Å². The standard InChI is InChI=1S/C12H15N3O/c1-14-7-6-12(13-14)15-8-5-9-10(15)3-2-4-11(9)16/h5-8,11,16H,2-4H2,1H3. The topological polar surface area (TPSA) is 43.0 Å². The number of fused-ring (bicyclic) bond motifs is 1. The van der Waals surface area contributed by atoms with Crippen LogP contribution in [0.2, 0.25) is 0 Å². The lowest BCUT2D eigenvalue weighted by molar-refractivity contribution is 0.156. The van der Waals surface area contributed by atoms with Crippen molar-refractivity contribution >= 4 is 0 Å². The van der Waals surface area contributed by atoms with Crippen molar-refractivity contribution in [3.8, 4) is 5.82 Å². The molecule has 0 saturated carbocycles. The minimum atomic E-state index is -0.297. The summed E-state index contributed by atoms with van der Waals surface area (Å²) in [6.07, 6.45) is 6.58. The van der Waals surface area contributed by atoms with Gasteiger partial charge < -0.3 is 9.67 Å². The molecule has 0 amide bonds. The summed E-state index contributed by atoms with van der Waals surface area (Å²) < 4.78 is 3.87. The van der Waals surface area contributed by atoms with Gasteiger partial charge in [-0.1, -0.05) is 0 Å². The van der Waals surface area contributed by atoms with Gasteiger partial charge in [0, 0.05) is 36.8 Å². The van der Waals surface area contributed by atoms with Gasteiger partial charge in [-0.15, -0.1) is 0 Å². The van der Waals surface area contributed by atoms with Gasteiger partial charge in [0.15, 0.2) is 5.82 Å². The zero-order chi connectivity index (χ0) is 11.1. The Morgan fingerprint density at radius 2 is 2.25 bits per heavy atom. The lowest BCUT2D eigenvalue weighted by Crippen LogP contribution is -2.11. The summed E-state index contributed by atoms with van der Waals surface area (Å²) in [6.45, 7) is 0. The Hall–Kier alpha value is -1.55. The van der Waals surface area contributed by atoms with Crippen molar-refractivity contribution in [1.82, 2.24) is 14.3 Å². The van der Waals surface area contributed by atoms with Gasteiger partial charge in [-0.2, -0.15) is 5.10 Å². The summed E-state index contributed by atoms with van der Waals surface area (Å²) in [5, 5.41) is 14.3.